The number of hydrogen-bond acceptors (Lipinski definition) is 5. The van der Waals surface area contributed by atoms with Gasteiger partial charge >= 0.3 is 6.18 Å². The van der Waals surface area contributed by atoms with Crippen LogP contribution >= 0.6 is 0 Å². The number of alkyl halides is 3. The van der Waals surface area contributed by atoms with Crippen LogP contribution in [0.3, 0.4) is 0 Å². The number of nitriles is 1. The Labute approximate surface area is 140 Å². The van der Waals surface area contributed by atoms with Gasteiger partial charge in [-0.15, -0.1) is 0 Å². The highest BCUT2D eigenvalue weighted by Crippen LogP contribution is 2.38. The number of amidine groups is 1. The average Bonchev–Trinajstić information content (AvgIpc) is 2.56. The van der Waals surface area contributed by atoms with Gasteiger partial charge in [0, 0.05) is 0 Å². The summed E-state index contributed by atoms with van der Waals surface area (Å²) in [7, 11) is 0. The van der Waals surface area contributed by atoms with E-state index >= 15 is 0 Å². The molecule has 0 atom stereocenters. The van der Waals surface area contributed by atoms with Gasteiger partial charge in [0.1, 0.15) is 17.6 Å². The predicted octanol–water partition coefficient (Wildman–Crippen LogP) is 3.73. The largest absolute Gasteiger partial charge is 0.457 e. The summed E-state index contributed by atoms with van der Waals surface area (Å²) in [4.78, 5) is 0. The zero-order valence-corrected chi connectivity index (χ0v) is 12.6. The smallest absolute Gasteiger partial charge is 0.418 e. The Kier molecular flexibility index (Phi) is 5.24. The third kappa shape index (κ3) is 4.71. The normalized spacial score (nSPS) is 11.5. The molecule has 0 saturated heterocycles. The van der Waals surface area contributed by atoms with E-state index in [9.17, 15) is 13.2 Å². The third-order valence-corrected chi connectivity index (χ3v) is 2.92. The van der Waals surface area contributed by atoms with Gasteiger partial charge in [-0.3, -0.25) is 10.8 Å². The molecule has 0 spiro atoms. The van der Waals surface area contributed by atoms with Gasteiger partial charge in [-0.1, -0.05) is 18.2 Å². The van der Waals surface area contributed by atoms with Crippen LogP contribution in [0.4, 0.5) is 18.9 Å². The molecule has 0 aliphatic rings. The average molecular weight is 347 g/mol. The van der Waals surface area contributed by atoms with Crippen LogP contribution in [0.25, 0.3) is 0 Å². The SMILES string of the molecule is N#C/C(=N\Nc1ccc(Oc2ccccc2)cc1C(F)(F)F)C(=N)N. The van der Waals surface area contributed by atoms with Gasteiger partial charge < -0.3 is 10.5 Å². The van der Waals surface area contributed by atoms with E-state index < -0.39 is 29.0 Å². The molecule has 128 valence electrons. The van der Waals surface area contributed by atoms with Crippen molar-refractivity contribution in [1.29, 1.82) is 10.7 Å². The lowest BCUT2D eigenvalue weighted by atomic mass is 10.1. The Morgan fingerprint density at radius 1 is 1.16 bits per heavy atom. The van der Waals surface area contributed by atoms with Crippen molar-refractivity contribution in [1.82, 2.24) is 0 Å². The maximum absolute atomic E-state index is 13.3. The van der Waals surface area contributed by atoms with Gasteiger partial charge in [-0.05, 0) is 30.3 Å². The van der Waals surface area contributed by atoms with Crippen LogP contribution in [0.15, 0.2) is 53.6 Å². The highest BCUT2D eigenvalue weighted by Gasteiger charge is 2.34. The second kappa shape index (κ2) is 7.35. The number of nitrogens with one attached hydrogen (secondary N) is 2. The van der Waals surface area contributed by atoms with Gasteiger partial charge in [0.25, 0.3) is 0 Å². The number of benzene rings is 2. The quantitative estimate of drug-likeness (QED) is 0.435. The highest BCUT2D eigenvalue weighted by atomic mass is 19.4. The summed E-state index contributed by atoms with van der Waals surface area (Å²) in [5.41, 5.74) is 5.24. The summed E-state index contributed by atoms with van der Waals surface area (Å²) in [5.74, 6) is -0.287. The van der Waals surface area contributed by atoms with E-state index in [2.05, 4.69) is 10.5 Å². The topological polar surface area (TPSA) is 107 Å². The Hall–Kier alpha value is -3.54. The van der Waals surface area contributed by atoms with Crippen molar-refractivity contribution in [3.63, 3.8) is 0 Å². The van der Waals surface area contributed by atoms with Crippen LogP contribution in [0.1, 0.15) is 5.56 Å². The lowest BCUT2D eigenvalue weighted by molar-refractivity contribution is -0.137. The standard InChI is InChI=1S/C16H12F3N5O/c17-16(18,19)12-8-11(25-10-4-2-1-3-5-10)6-7-13(12)23-24-14(9-20)15(21)22/h1-8,23H,(H3,21,22)/b24-14+. The number of rotatable bonds is 5. The monoisotopic (exact) mass is 347 g/mol. The van der Waals surface area contributed by atoms with Crippen molar-refractivity contribution in [2.75, 3.05) is 5.43 Å². The Balaban J connectivity index is 2.35. The Bertz CT molecular complexity index is 841. The molecule has 2 aromatic rings. The Morgan fingerprint density at radius 3 is 2.40 bits per heavy atom. The molecule has 9 heteroatoms. The van der Waals surface area contributed by atoms with Crippen molar-refractivity contribution in [3.8, 4) is 17.6 Å². The molecule has 6 nitrogen and oxygen atoms in total. The lowest BCUT2D eigenvalue weighted by Gasteiger charge is -2.14. The first-order valence-electron chi connectivity index (χ1n) is 6.83. The fraction of sp³-hybridized carbons (Fsp3) is 0.0625. The van der Waals surface area contributed by atoms with Crippen molar-refractivity contribution in [2.45, 2.75) is 6.18 Å². The highest BCUT2D eigenvalue weighted by molar-refractivity contribution is 6.45. The predicted molar refractivity (Wildman–Crippen MR) is 86.5 cm³/mol. The van der Waals surface area contributed by atoms with E-state index in [1.165, 1.54) is 12.1 Å². The number of hydrazone groups is 1. The van der Waals surface area contributed by atoms with Gasteiger partial charge in [0.05, 0.1) is 11.3 Å². The van der Waals surface area contributed by atoms with Gasteiger partial charge in [0.2, 0.25) is 5.71 Å². The zero-order chi connectivity index (χ0) is 18.4. The molecule has 0 aliphatic carbocycles. The fourth-order valence-corrected chi connectivity index (χ4v) is 1.81. The van der Waals surface area contributed by atoms with Crippen LogP contribution in [-0.4, -0.2) is 11.5 Å². The molecule has 2 aromatic carbocycles. The minimum Gasteiger partial charge on any atom is -0.457 e. The maximum atomic E-state index is 13.3. The van der Waals surface area contributed by atoms with Crippen LogP contribution in [0.5, 0.6) is 11.5 Å². The summed E-state index contributed by atoms with van der Waals surface area (Å²) < 4.78 is 45.2. The van der Waals surface area contributed by atoms with Gasteiger partial charge in [0.15, 0.2) is 5.84 Å². The second-order valence-corrected chi connectivity index (χ2v) is 4.72. The summed E-state index contributed by atoms with van der Waals surface area (Å²) in [6, 6.07) is 13.1. The fourth-order valence-electron chi connectivity index (χ4n) is 1.81. The van der Waals surface area contributed by atoms with Gasteiger partial charge in [-0.25, -0.2) is 0 Å². The molecule has 0 heterocycles. The number of ether oxygens (including phenoxy) is 1. The van der Waals surface area contributed by atoms with Crippen molar-refractivity contribution in [3.05, 3.63) is 54.1 Å². The molecule has 0 fully saturated rings. The molecule has 0 amide bonds. The zero-order valence-electron chi connectivity index (χ0n) is 12.6. The van der Waals surface area contributed by atoms with E-state index in [0.29, 0.717) is 5.75 Å². The first-order valence-corrected chi connectivity index (χ1v) is 6.83. The summed E-state index contributed by atoms with van der Waals surface area (Å²) in [5, 5.41) is 19.2. The van der Waals surface area contributed by atoms with Crippen LogP contribution in [0, 0.1) is 16.7 Å². The van der Waals surface area contributed by atoms with E-state index in [-0.39, 0.29) is 5.75 Å². The minimum absolute atomic E-state index is 0.0138. The number of halogens is 3. The summed E-state index contributed by atoms with van der Waals surface area (Å²) in [6.45, 7) is 0. The number of hydrogen-bond donors (Lipinski definition) is 3. The molecule has 0 saturated carbocycles. The van der Waals surface area contributed by atoms with Crippen LogP contribution in [-0.2, 0) is 6.18 Å². The van der Waals surface area contributed by atoms with E-state index in [1.807, 2.05) is 0 Å². The van der Waals surface area contributed by atoms with E-state index in [1.54, 1.807) is 30.3 Å². The van der Waals surface area contributed by atoms with Crippen molar-refractivity contribution in [2.24, 2.45) is 10.8 Å². The van der Waals surface area contributed by atoms with E-state index in [0.717, 1.165) is 12.1 Å². The molecule has 0 aromatic heterocycles. The molecular weight excluding hydrogens is 335 g/mol. The number of anilines is 1. The molecule has 2 rings (SSSR count). The molecule has 0 aliphatic heterocycles. The Morgan fingerprint density at radius 2 is 1.84 bits per heavy atom. The van der Waals surface area contributed by atoms with Gasteiger partial charge in [-0.2, -0.15) is 23.5 Å². The van der Waals surface area contributed by atoms with Crippen molar-refractivity contribution < 1.29 is 17.9 Å². The van der Waals surface area contributed by atoms with Crippen molar-refractivity contribution >= 4 is 17.2 Å². The first-order chi connectivity index (χ1) is 11.8. The molecule has 0 bridgehead atoms. The molecule has 25 heavy (non-hydrogen) atoms. The molecule has 0 unspecified atom stereocenters. The minimum atomic E-state index is -4.68. The molecule has 4 N–H and O–H groups in total. The lowest BCUT2D eigenvalue weighted by Crippen LogP contribution is -2.22. The first kappa shape index (κ1) is 17.8. The number of nitrogens with zero attached hydrogens (tertiary/aromatic N) is 2. The molecule has 0 radical (unpaired) electrons. The third-order valence-electron chi connectivity index (χ3n) is 2.92. The van der Waals surface area contributed by atoms with Crippen LogP contribution in [0.2, 0.25) is 0 Å². The summed E-state index contributed by atoms with van der Waals surface area (Å²) in [6.07, 6.45) is -4.68. The maximum Gasteiger partial charge on any atom is 0.418 e. The number of para-hydroxylation sites is 1. The second-order valence-electron chi connectivity index (χ2n) is 4.72. The number of nitrogens with two attached hydrogens (primary N) is 1. The van der Waals surface area contributed by atoms with E-state index in [4.69, 9.17) is 21.1 Å². The van der Waals surface area contributed by atoms with Crippen LogP contribution < -0.4 is 15.9 Å². The molecular formula is C16H12F3N5O. The summed E-state index contributed by atoms with van der Waals surface area (Å²) >= 11 is 0.